The Morgan fingerprint density at radius 3 is 2.95 bits per heavy atom. The summed E-state index contributed by atoms with van der Waals surface area (Å²) in [5.41, 5.74) is 0. The highest BCUT2D eigenvalue weighted by molar-refractivity contribution is 6.32. The first-order valence-corrected chi connectivity index (χ1v) is 6.63. The second kappa shape index (κ2) is 7.23. The molecule has 0 bridgehead atoms. The highest BCUT2D eigenvalue weighted by Crippen LogP contribution is 2.22. The molecule has 2 N–H and O–H groups in total. The SMILES string of the molecule is Cn1cnc(CNCC(O)COc2ccccc2Cl)n1. The topological polar surface area (TPSA) is 72.2 Å². The molecule has 0 aliphatic rings. The molecule has 0 saturated heterocycles. The minimum absolute atomic E-state index is 0.173. The molecule has 6 nitrogen and oxygen atoms in total. The van der Waals surface area contributed by atoms with Crippen LogP contribution in [-0.4, -0.2) is 39.1 Å². The monoisotopic (exact) mass is 296 g/mol. The van der Waals surface area contributed by atoms with Crippen LogP contribution in [0.25, 0.3) is 0 Å². The number of benzene rings is 1. The molecule has 1 atom stereocenters. The Labute approximate surface area is 122 Å². The van der Waals surface area contributed by atoms with E-state index in [2.05, 4.69) is 15.4 Å². The van der Waals surface area contributed by atoms with E-state index in [1.807, 2.05) is 19.2 Å². The van der Waals surface area contributed by atoms with Crippen molar-refractivity contribution < 1.29 is 9.84 Å². The highest BCUT2D eigenvalue weighted by atomic mass is 35.5. The van der Waals surface area contributed by atoms with Crippen molar-refractivity contribution in [2.75, 3.05) is 13.2 Å². The van der Waals surface area contributed by atoms with Crippen molar-refractivity contribution in [1.82, 2.24) is 20.1 Å². The number of para-hydroxylation sites is 1. The van der Waals surface area contributed by atoms with Crippen LogP contribution in [0.5, 0.6) is 5.75 Å². The molecule has 0 amide bonds. The molecule has 0 aliphatic heterocycles. The summed E-state index contributed by atoms with van der Waals surface area (Å²) in [4.78, 5) is 4.08. The zero-order valence-electron chi connectivity index (χ0n) is 11.2. The first-order chi connectivity index (χ1) is 9.65. The van der Waals surface area contributed by atoms with E-state index >= 15 is 0 Å². The molecule has 0 saturated carbocycles. The van der Waals surface area contributed by atoms with Gasteiger partial charge < -0.3 is 15.2 Å². The highest BCUT2D eigenvalue weighted by Gasteiger charge is 2.07. The molecule has 0 spiro atoms. The summed E-state index contributed by atoms with van der Waals surface area (Å²) in [6.07, 6.45) is 1.00. The predicted octanol–water partition coefficient (Wildman–Crippen LogP) is 0.998. The van der Waals surface area contributed by atoms with Crippen LogP contribution in [0, 0.1) is 0 Å². The van der Waals surface area contributed by atoms with Gasteiger partial charge in [-0.15, -0.1) is 0 Å². The van der Waals surface area contributed by atoms with E-state index < -0.39 is 6.10 Å². The van der Waals surface area contributed by atoms with Crippen molar-refractivity contribution in [3.05, 3.63) is 41.4 Å². The molecule has 1 heterocycles. The van der Waals surface area contributed by atoms with E-state index in [1.54, 1.807) is 23.1 Å². The number of rotatable bonds is 7. The molecular formula is C13H17ClN4O2. The van der Waals surface area contributed by atoms with Crippen LogP contribution in [0.4, 0.5) is 0 Å². The fourth-order valence-electron chi connectivity index (χ4n) is 1.62. The Hall–Kier alpha value is -1.63. The maximum absolute atomic E-state index is 9.81. The summed E-state index contributed by atoms with van der Waals surface area (Å²) in [7, 11) is 1.81. The lowest BCUT2D eigenvalue weighted by atomic mass is 10.3. The van der Waals surface area contributed by atoms with Gasteiger partial charge in [-0.05, 0) is 12.1 Å². The van der Waals surface area contributed by atoms with Gasteiger partial charge in [0.25, 0.3) is 0 Å². The van der Waals surface area contributed by atoms with Crippen molar-refractivity contribution in [3.63, 3.8) is 0 Å². The number of hydrogen-bond acceptors (Lipinski definition) is 5. The number of halogens is 1. The van der Waals surface area contributed by atoms with Crippen LogP contribution < -0.4 is 10.1 Å². The summed E-state index contributed by atoms with van der Waals surface area (Å²) >= 11 is 5.95. The standard InChI is InChI=1S/C13H17ClN4O2/c1-18-9-16-13(17-18)7-15-6-10(19)8-20-12-5-3-2-4-11(12)14/h2-5,9-10,15,19H,6-8H2,1H3. The number of nitrogens with one attached hydrogen (secondary N) is 1. The van der Waals surface area contributed by atoms with Crippen LogP contribution in [0.15, 0.2) is 30.6 Å². The molecule has 1 unspecified atom stereocenters. The maximum Gasteiger partial charge on any atom is 0.164 e. The summed E-state index contributed by atoms with van der Waals surface area (Å²) in [6.45, 7) is 1.07. The van der Waals surface area contributed by atoms with Crippen molar-refractivity contribution in [2.45, 2.75) is 12.6 Å². The minimum Gasteiger partial charge on any atom is -0.489 e. The Morgan fingerprint density at radius 1 is 1.45 bits per heavy atom. The van der Waals surface area contributed by atoms with E-state index in [4.69, 9.17) is 16.3 Å². The lowest BCUT2D eigenvalue weighted by Gasteiger charge is -2.13. The van der Waals surface area contributed by atoms with Crippen molar-refractivity contribution >= 4 is 11.6 Å². The smallest absolute Gasteiger partial charge is 0.164 e. The van der Waals surface area contributed by atoms with Crippen LogP contribution in [0.1, 0.15) is 5.82 Å². The van der Waals surface area contributed by atoms with E-state index in [1.165, 1.54) is 0 Å². The van der Waals surface area contributed by atoms with Crippen molar-refractivity contribution in [1.29, 1.82) is 0 Å². The fraction of sp³-hybridized carbons (Fsp3) is 0.385. The number of ether oxygens (including phenoxy) is 1. The number of aliphatic hydroxyl groups is 1. The third-order valence-electron chi connectivity index (χ3n) is 2.58. The van der Waals surface area contributed by atoms with Crippen LogP contribution in [0.2, 0.25) is 5.02 Å². The van der Waals surface area contributed by atoms with Gasteiger partial charge in [0.15, 0.2) is 5.82 Å². The molecule has 1 aromatic carbocycles. The molecule has 1 aromatic heterocycles. The van der Waals surface area contributed by atoms with Crippen molar-refractivity contribution in [2.24, 2.45) is 7.05 Å². The molecule has 7 heteroatoms. The quantitative estimate of drug-likeness (QED) is 0.797. The molecule has 0 radical (unpaired) electrons. The van der Waals surface area contributed by atoms with E-state index in [0.717, 1.165) is 0 Å². The van der Waals surface area contributed by atoms with Crippen LogP contribution in [0.3, 0.4) is 0 Å². The van der Waals surface area contributed by atoms with Gasteiger partial charge in [-0.3, -0.25) is 4.68 Å². The molecular weight excluding hydrogens is 280 g/mol. The molecule has 0 aliphatic carbocycles. The van der Waals surface area contributed by atoms with Crippen molar-refractivity contribution in [3.8, 4) is 5.75 Å². The third kappa shape index (κ3) is 4.48. The van der Waals surface area contributed by atoms with Gasteiger partial charge in [0, 0.05) is 13.6 Å². The summed E-state index contributed by atoms with van der Waals surface area (Å²) < 4.78 is 7.08. The zero-order chi connectivity index (χ0) is 14.4. The second-order valence-electron chi connectivity index (χ2n) is 4.36. The van der Waals surface area contributed by atoms with Crippen LogP contribution in [-0.2, 0) is 13.6 Å². The maximum atomic E-state index is 9.81. The Bertz CT molecular complexity index is 547. The van der Waals surface area contributed by atoms with Gasteiger partial charge in [-0.2, -0.15) is 5.10 Å². The van der Waals surface area contributed by atoms with E-state index in [9.17, 15) is 5.11 Å². The average molecular weight is 297 g/mol. The Morgan fingerprint density at radius 2 is 2.25 bits per heavy atom. The largest absolute Gasteiger partial charge is 0.489 e. The van der Waals surface area contributed by atoms with Gasteiger partial charge in [-0.25, -0.2) is 4.98 Å². The Kier molecular flexibility index (Phi) is 5.34. The molecule has 2 aromatic rings. The van der Waals surface area contributed by atoms with Gasteiger partial charge in [0.1, 0.15) is 24.8 Å². The van der Waals surface area contributed by atoms with E-state index in [0.29, 0.717) is 29.7 Å². The normalized spacial score (nSPS) is 12.3. The zero-order valence-corrected chi connectivity index (χ0v) is 11.9. The third-order valence-corrected chi connectivity index (χ3v) is 2.89. The second-order valence-corrected chi connectivity index (χ2v) is 4.77. The number of aromatic nitrogens is 3. The Balaban J connectivity index is 1.68. The first-order valence-electron chi connectivity index (χ1n) is 6.26. The number of aliphatic hydroxyl groups excluding tert-OH is 1. The fourth-order valence-corrected chi connectivity index (χ4v) is 1.81. The number of aryl methyl sites for hydroxylation is 1. The van der Waals surface area contributed by atoms with Gasteiger partial charge in [0.2, 0.25) is 0 Å². The summed E-state index contributed by atoms with van der Waals surface area (Å²) in [5.74, 6) is 1.26. The summed E-state index contributed by atoms with van der Waals surface area (Å²) in [5, 5.41) is 17.5. The number of hydrogen-bond donors (Lipinski definition) is 2. The van der Waals surface area contributed by atoms with Gasteiger partial charge in [0.05, 0.1) is 11.6 Å². The van der Waals surface area contributed by atoms with Gasteiger partial charge in [-0.1, -0.05) is 23.7 Å². The molecule has 2 rings (SSSR count). The van der Waals surface area contributed by atoms with Crippen LogP contribution >= 0.6 is 11.6 Å². The molecule has 20 heavy (non-hydrogen) atoms. The predicted molar refractivity (Wildman–Crippen MR) is 75.7 cm³/mol. The lowest BCUT2D eigenvalue weighted by molar-refractivity contribution is 0.106. The number of nitrogens with zero attached hydrogens (tertiary/aromatic N) is 3. The van der Waals surface area contributed by atoms with Gasteiger partial charge >= 0.3 is 0 Å². The average Bonchev–Trinajstić information content (AvgIpc) is 2.83. The first kappa shape index (κ1) is 14.8. The molecule has 108 valence electrons. The molecule has 0 fully saturated rings. The lowest BCUT2D eigenvalue weighted by Crippen LogP contribution is -2.31. The summed E-state index contributed by atoms with van der Waals surface area (Å²) in [6, 6.07) is 7.17. The minimum atomic E-state index is -0.630. The van der Waals surface area contributed by atoms with E-state index in [-0.39, 0.29) is 6.61 Å².